The molecule has 0 bridgehead atoms. The van der Waals surface area contributed by atoms with Crippen LogP contribution in [0.4, 0.5) is 5.82 Å². The van der Waals surface area contributed by atoms with Crippen LogP contribution in [0, 0.1) is 3.57 Å². The first-order chi connectivity index (χ1) is 7.70. The number of hydrogen-bond acceptors (Lipinski definition) is 4. The molecule has 2 aromatic heterocycles. The highest BCUT2D eigenvalue weighted by Gasteiger charge is 2.06. The predicted octanol–water partition coefficient (Wildman–Crippen LogP) is 1.52. The maximum atomic E-state index is 5.85. The number of nitrogen functional groups attached to an aromatic ring is 1. The number of ether oxygens (including phenoxy) is 1. The fourth-order valence-electron chi connectivity index (χ4n) is 1.31. The molecule has 0 spiro atoms. The lowest BCUT2D eigenvalue weighted by atomic mass is 10.3. The zero-order valence-electron chi connectivity index (χ0n) is 8.72. The topological polar surface area (TPSA) is 66.0 Å². The second kappa shape index (κ2) is 4.69. The molecule has 0 saturated carbocycles. The van der Waals surface area contributed by atoms with E-state index in [4.69, 9.17) is 10.5 Å². The summed E-state index contributed by atoms with van der Waals surface area (Å²) in [5.74, 6) is 1.25. The highest BCUT2D eigenvalue weighted by Crippen LogP contribution is 2.15. The Morgan fingerprint density at radius 3 is 2.94 bits per heavy atom. The Morgan fingerprint density at radius 2 is 2.31 bits per heavy atom. The SMILES string of the molecule is COc1cccc(Cn2ncc(I)c2N)n1. The van der Waals surface area contributed by atoms with E-state index in [1.54, 1.807) is 24.1 Å². The first-order valence-corrected chi connectivity index (χ1v) is 5.75. The van der Waals surface area contributed by atoms with Crippen molar-refractivity contribution in [3.05, 3.63) is 33.7 Å². The number of pyridine rings is 1. The quantitative estimate of drug-likeness (QED) is 0.867. The summed E-state index contributed by atoms with van der Waals surface area (Å²) < 4.78 is 7.71. The van der Waals surface area contributed by atoms with Crippen LogP contribution in [0.1, 0.15) is 5.69 Å². The molecule has 2 heterocycles. The van der Waals surface area contributed by atoms with Gasteiger partial charge in [-0.2, -0.15) is 5.10 Å². The van der Waals surface area contributed by atoms with E-state index in [-0.39, 0.29) is 0 Å². The number of methoxy groups -OCH3 is 1. The first-order valence-electron chi connectivity index (χ1n) is 4.67. The van der Waals surface area contributed by atoms with Crippen molar-refractivity contribution >= 4 is 28.4 Å². The van der Waals surface area contributed by atoms with Gasteiger partial charge in [-0.25, -0.2) is 9.67 Å². The summed E-state index contributed by atoms with van der Waals surface area (Å²) >= 11 is 2.15. The van der Waals surface area contributed by atoms with E-state index in [2.05, 4.69) is 32.7 Å². The van der Waals surface area contributed by atoms with Crippen LogP contribution in [0.15, 0.2) is 24.4 Å². The molecule has 0 radical (unpaired) electrons. The van der Waals surface area contributed by atoms with Gasteiger partial charge in [0.25, 0.3) is 0 Å². The zero-order valence-corrected chi connectivity index (χ0v) is 10.9. The third kappa shape index (κ3) is 2.26. The number of nitrogens with two attached hydrogens (primary N) is 1. The zero-order chi connectivity index (χ0) is 11.5. The summed E-state index contributed by atoms with van der Waals surface area (Å²) in [5.41, 5.74) is 6.72. The molecular formula is C10H11IN4O. The van der Waals surface area contributed by atoms with E-state index < -0.39 is 0 Å². The molecule has 0 saturated heterocycles. The molecule has 5 nitrogen and oxygen atoms in total. The van der Waals surface area contributed by atoms with E-state index in [1.807, 2.05) is 12.1 Å². The van der Waals surface area contributed by atoms with Crippen LogP contribution >= 0.6 is 22.6 Å². The second-order valence-corrected chi connectivity index (χ2v) is 4.37. The number of aromatic nitrogens is 3. The van der Waals surface area contributed by atoms with Gasteiger partial charge in [0.1, 0.15) is 5.82 Å². The Morgan fingerprint density at radius 1 is 1.50 bits per heavy atom. The van der Waals surface area contributed by atoms with Gasteiger partial charge in [0.05, 0.1) is 29.1 Å². The largest absolute Gasteiger partial charge is 0.481 e. The standard InChI is InChI=1S/C10H11IN4O/c1-16-9-4-2-3-7(14-9)6-15-10(12)8(11)5-13-15/h2-5H,6,12H2,1H3. The second-order valence-electron chi connectivity index (χ2n) is 3.21. The molecule has 0 atom stereocenters. The van der Waals surface area contributed by atoms with Crippen LogP contribution in [0.5, 0.6) is 5.88 Å². The highest BCUT2D eigenvalue weighted by atomic mass is 127. The Bertz CT molecular complexity index is 497. The minimum absolute atomic E-state index is 0.548. The Labute approximate surface area is 107 Å². The van der Waals surface area contributed by atoms with Gasteiger partial charge in [-0.1, -0.05) is 6.07 Å². The summed E-state index contributed by atoms with van der Waals surface area (Å²) in [6.45, 7) is 0.548. The minimum atomic E-state index is 0.548. The molecule has 6 heteroatoms. The Balaban J connectivity index is 2.23. The van der Waals surface area contributed by atoms with Crippen LogP contribution in [-0.2, 0) is 6.54 Å². The van der Waals surface area contributed by atoms with Gasteiger partial charge in [-0.15, -0.1) is 0 Å². The minimum Gasteiger partial charge on any atom is -0.481 e. The number of rotatable bonds is 3. The first kappa shape index (κ1) is 11.2. The van der Waals surface area contributed by atoms with Gasteiger partial charge in [-0.3, -0.25) is 0 Å². The van der Waals surface area contributed by atoms with Crippen LogP contribution in [0.25, 0.3) is 0 Å². The lowest BCUT2D eigenvalue weighted by Crippen LogP contribution is -2.07. The number of anilines is 1. The summed E-state index contributed by atoms with van der Waals surface area (Å²) in [6, 6.07) is 5.61. The molecule has 0 fully saturated rings. The molecule has 0 aromatic carbocycles. The third-order valence-corrected chi connectivity index (χ3v) is 2.97. The van der Waals surface area contributed by atoms with Crippen molar-refractivity contribution in [2.75, 3.05) is 12.8 Å². The normalized spacial score (nSPS) is 10.4. The van der Waals surface area contributed by atoms with Gasteiger partial charge in [0.15, 0.2) is 0 Å². The fraction of sp³-hybridized carbons (Fsp3) is 0.200. The van der Waals surface area contributed by atoms with Crippen molar-refractivity contribution in [1.82, 2.24) is 14.8 Å². The molecular weight excluding hydrogens is 319 g/mol. The molecule has 0 unspecified atom stereocenters. The van der Waals surface area contributed by atoms with Crippen LogP contribution < -0.4 is 10.5 Å². The molecule has 0 aliphatic heterocycles. The average molecular weight is 330 g/mol. The lowest BCUT2D eigenvalue weighted by molar-refractivity contribution is 0.395. The number of halogens is 1. The third-order valence-electron chi connectivity index (χ3n) is 2.14. The van der Waals surface area contributed by atoms with Crippen molar-refractivity contribution < 1.29 is 4.74 Å². The van der Waals surface area contributed by atoms with Gasteiger partial charge in [0, 0.05) is 6.07 Å². The maximum Gasteiger partial charge on any atom is 0.213 e. The van der Waals surface area contributed by atoms with E-state index >= 15 is 0 Å². The maximum absolute atomic E-state index is 5.85. The Hall–Kier alpha value is -1.31. The van der Waals surface area contributed by atoms with Gasteiger partial charge >= 0.3 is 0 Å². The Kier molecular flexibility index (Phi) is 3.28. The number of nitrogens with zero attached hydrogens (tertiary/aromatic N) is 3. The molecule has 2 N–H and O–H groups in total. The molecule has 16 heavy (non-hydrogen) atoms. The van der Waals surface area contributed by atoms with Crippen LogP contribution in [-0.4, -0.2) is 21.9 Å². The monoisotopic (exact) mass is 330 g/mol. The van der Waals surface area contributed by atoms with E-state index in [1.165, 1.54) is 0 Å². The summed E-state index contributed by atoms with van der Waals surface area (Å²) in [5, 5.41) is 4.17. The molecule has 0 amide bonds. The van der Waals surface area contributed by atoms with Crippen molar-refractivity contribution in [3.63, 3.8) is 0 Å². The molecule has 2 rings (SSSR count). The molecule has 84 valence electrons. The van der Waals surface area contributed by atoms with Crippen molar-refractivity contribution in [1.29, 1.82) is 0 Å². The predicted molar refractivity (Wildman–Crippen MR) is 69.2 cm³/mol. The molecule has 2 aromatic rings. The van der Waals surface area contributed by atoms with Gasteiger partial charge in [-0.05, 0) is 28.7 Å². The van der Waals surface area contributed by atoms with E-state index in [9.17, 15) is 0 Å². The molecule has 0 aliphatic carbocycles. The number of hydrogen-bond donors (Lipinski definition) is 1. The smallest absolute Gasteiger partial charge is 0.213 e. The van der Waals surface area contributed by atoms with E-state index in [0.717, 1.165) is 9.26 Å². The summed E-state index contributed by atoms with van der Waals surface area (Å²) in [6.07, 6.45) is 1.73. The highest BCUT2D eigenvalue weighted by molar-refractivity contribution is 14.1. The summed E-state index contributed by atoms with van der Waals surface area (Å²) in [4.78, 5) is 4.30. The van der Waals surface area contributed by atoms with Crippen LogP contribution in [0.2, 0.25) is 0 Å². The average Bonchev–Trinajstić information content (AvgIpc) is 2.61. The van der Waals surface area contributed by atoms with Crippen molar-refractivity contribution in [2.24, 2.45) is 0 Å². The fourth-order valence-corrected chi connectivity index (χ4v) is 1.71. The van der Waals surface area contributed by atoms with Gasteiger partial charge in [0.2, 0.25) is 5.88 Å². The van der Waals surface area contributed by atoms with Crippen LogP contribution in [0.3, 0.4) is 0 Å². The van der Waals surface area contributed by atoms with Gasteiger partial charge < -0.3 is 10.5 Å². The van der Waals surface area contributed by atoms with Crippen molar-refractivity contribution in [2.45, 2.75) is 6.54 Å². The van der Waals surface area contributed by atoms with Crippen molar-refractivity contribution in [3.8, 4) is 5.88 Å². The summed E-state index contributed by atoms with van der Waals surface area (Å²) in [7, 11) is 1.59. The van der Waals surface area contributed by atoms with E-state index in [0.29, 0.717) is 18.2 Å². The lowest BCUT2D eigenvalue weighted by Gasteiger charge is -2.05. The molecule has 0 aliphatic rings.